The van der Waals surface area contributed by atoms with Gasteiger partial charge in [-0.25, -0.2) is 4.39 Å². The fourth-order valence-electron chi connectivity index (χ4n) is 4.73. The number of halogens is 1. The molecule has 1 aliphatic carbocycles. The summed E-state index contributed by atoms with van der Waals surface area (Å²) in [7, 11) is 0. The summed E-state index contributed by atoms with van der Waals surface area (Å²) in [6.07, 6.45) is 6.66. The maximum absolute atomic E-state index is 13.1. The van der Waals surface area contributed by atoms with Gasteiger partial charge in [-0.15, -0.1) is 0 Å². The molecular weight excluding hydrogens is 345 g/mol. The maximum Gasteiger partial charge on any atom is 0.225 e. The second-order valence-electron chi connectivity index (χ2n) is 8.13. The van der Waals surface area contributed by atoms with E-state index in [0.29, 0.717) is 19.0 Å². The minimum Gasteiger partial charge on any atom is -0.371 e. The number of anilines is 1. The number of nitrogens with zero attached hydrogens (tertiary/aromatic N) is 2. The van der Waals surface area contributed by atoms with Gasteiger partial charge in [-0.05, 0) is 49.9 Å². The third-order valence-corrected chi connectivity index (χ3v) is 6.33. The van der Waals surface area contributed by atoms with Crippen LogP contribution in [0.1, 0.15) is 44.9 Å². The number of amides is 2. The van der Waals surface area contributed by atoms with E-state index in [0.717, 1.165) is 44.5 Å². The molecule has 146 valence electrons. The van der Waals surface area contributed by atoms with Crippen LogP contribution in [-0.2, 0) is 9.59 Å². The Morgan fingerprint density at radius 3 is 2.37 bits per heavy atom. The van der Waals surface area contributed by atoms with E-state index in [1.807, 2.05) is 4.90 Å². The lowest BCUT2D eigenvalue weighted by Gasteiger charge is -2.34. The Labute approximate surface area is 159 Å². The van der Waals surface area contributed by atoms with Gasteiger partial charge in [0.25, 0.3) is 0 Å². The molecule has 4 rings (SSSR count). The Hall–Kier alpha value is -2.11. The summed E-state index contributed by atoms with van der Waals surface area (Å²) in [6.45, 7) is 2.27. The molecule has 1 aromatic rings. The van der Waals surface area contributed by atoms with Crippen LogP contribution in [0.4, 0.5) is 10.1 Å². The Morgan fingerprint density at radius 2 is 1.70 bits per heavy atom. The summed E-state index contributed by atoms with van der Waals surface area (Å²) in [5.41, 5.74) is 1.02. The number of carbonyl (C=O) groups excluding carboxylic acids is 2. The van der Waals surface area contributed by atoms with Crippen LogP contribution in [-0.4, -0.2) is 48.4 Å². The van der Waals surface area contributed by atoms with Gasteiger partial charge < -0.3 is 15.1 Å². The van der Waals surface area contributed by atoms with Gasteiger partial charge in [0.15, 0.2) is 0 Å². The number of carbonyl (C=O) groups is 2. The van der Waals surface area contributed by atoms with Crippen LogP contribution in [0.3, 0.4) is 0 Å². The van der Waals surface area contributed by atoms with E-state index in [2.05, 4.69) is 10.2 Å². The fraction of sp³-hybridized carbons (Fsp3) is 0.619. The third kappa shape index (κ3) is 4.09. The zero-order chi connectivity index (χ0) is 18.8. The van der Waals surface area contributed by atoms with Crippen molar-refractivity contribution in [1.82, 2.24) is 10.2 Å². The van der Waals surface area contributed by atoms with Crippen molar-refractivity contribution in [2.75, 3.05) is 24.5 Å². The lowest BCUT2D eigenvalue weighted by molar-refractivity contribution is -0.130. The molecule has 2 aliphatic heterocycles. The molecule has 1 N–H and O–H groups in total. The molecule has 1 aromatic carbocycles. The average molecular weight is 373 g/mol. The summed E-state index contributed by atoms with van der Waals surface area (Å²) in [5.74, 6) is -0.246. The molecule has 0 radical (unpaired) electrons. The van der Waals surface area contributed by atoms with E-state index in [4.69, 9.17) is 0 Å². The van der Waals surface area contributed by atoms with Crippen molar-refractivity contribution in [1.29, 1.82) is 0 Å². The van der Waals surface area contributed by atoms with Crippen molar-refractivity contribution in [2.45, 2.75) is 57.0 Å². The molecule has 0 aromatic heterocycles. The van der Waals surface area contributed by atoms with Crippen molar-refractivity contribution < 1.29 is 14.0 Å². The molecule has 0 bridgehead atoms. The van der Waals surface area contributed by atoms with Gasteiger partial charge in [0.2, 0.25) is 11.8 Å². The summed E-state index contributed by atoms with van der Waals surface area (Å²) in [6, 6.07) is 7.08. The van der Waals surface area contributed by atoms with E-state index in [9.17, 15) is 14.0 Å². The Kier molecular flexibility index (Phi) is 5.32. The maximum atomic E-state index is 13.1. The number of hydrogen-bond donors (Lipinski definition) is 1. The van der Waals surface area contributed by atoms with Crippen LogP contribution in [0.2, 0.25) is 0 Å². The minimum atomic E-state index is -0.223. The number of piperidine rings is 1. The molecule has 0 spiro atoms. The van der Waals surface area contributed by atoms with Crippen molar-refractivity contribution >= 4 is 17.5 Å². The van der Waals surface area contributed by atoms with Gasteiger partial charge in [0, 0.05) is 43.8 Å². The van der Waals surface area contributed by atoms with Gasteiger partial charge in [0.05, 0.1) is 5.92 Å². The van der Waals surface area contributed by atoms with E-state index < -0.39 is 0 Å². The highest BCUT2D eigenvalue weighted by Gasteiger charge is 2.39. The quantitative estimate of drug-likeness (QED) is 0.883. The van der Waals surface area contributed by atoms with E-state index in [1.54, 1.807) is 12.1 Å². The van der Waals surface area contributed by atoms with Gasteiger partial charge in [-0.1, -0.05) is 12.8 Å². The van der Waals surface area contributed by atoms with Gasteiger partial charge in [-0.3, -0.25) is 9.59 Å². The van der Waals surface area contributed by atoms with Crippen molar-refractivity contribution in [3.05, 3.63) is 30.1 Å². The first-order valence-electron chi connectivity index (χ1n) is 10.2. The summed E-state index contributed by atoms with van der Waals surface area (Å²) >= 11 is 0. The molecular formula is C21H28FN3O2. The Morgan fingerprint density at radius 1 is 1.04 bits per heavy atom. The van der Waals surface area contributed by atoms with Crippen LogP contribution in [0.25, 0.3) is 0 Å². The van der Waals surface area contributed by atoms with Crippen molar-refractivity contribution in [2.24, 2.45) is 5.92 Å². The SMILES string of the molecule is O=C(NC1CCN(c2ccc(F)cc2)CC1)C1CC(=O)N(C2CCCC2)C1. The van der Waals surface area contributed by atoms with Crippen molar-refractivity contribution in [3.8, 4) is 0 Å². The fourth-order valence-corrected chi connectivity index (χ4v) is 4.73. The highest BCUT2D eigenvalue weighted by atomic mass is 19.1. The number of rotatable bonds is 4. The lowest BCUT2D eigenvalue weighted by Crippen LogP contribution is -2.47. The molecule has 27 heavy (non-hydrogen) atoms. The van der Waals surface area contributed by atoms with E-state index in [-0.39, 0.29) is 29.6 Å². The first kappa shape index (κ1) is 18.3. The largest absolute Gasteiger partial charge is 0.371 e. The molecule has 5 nitrogen and oxygen atoms in total. The predicted octanol–water partition coefficient (Wildman–Crippen LogP) is 2.70. The monoisotopic (exact) mass is 373 g/mol. The topological polar surface area (TPSA) is 52.7 Å². The van der Waals surface area contributed by atoms with Gasteiger partial charge >= 0.3 is 0 Å². The predicted molar refractivity (Wildman–Crippen MR) is 102 cm³/mol. The number of likely N-dealkylation sites (tertiary alicyclic amines) is 1. The average Bonchev–Trinajstić information content (AvgIpc) is 3.32. The molecule has 3 aliphatic rings. The van der Waals surface area contributed by atoms with Crippen LogP contribution in [0.5, 0.6) is 0 Å². The minimum absolute atomic E-state index is 0.0316. The second-order valence-corrected chi connectivity index (χ2v) is 8.13. The molecule has 1 atom stereocenters. The molecule has 1 saturated carbocycles. The van der Waals surface area contributed by atoms with Crippen LogP contribution in [0.15, 0.2) is 24.3 Å². The van der Waals surface area contributed by atoms with Crippen LogP contribution >= 0.6 is 0 Å². The molecule has 2 saturated heterocycles. The molecule has 2 heterocycles. The van der Waals surface area contributed by atoms with E-state index >= 15 is 0 Å². The van der Waals surface area contributed by atoms with Gasteiger partial charge in [-0.2, -0.15) is 0 Å². The Balaban J connectivity index is 1.26. The zero-order valence-corrected chi connectivity index (χ0v) is 15.7. The lowest BCUT2D eigenvalue weighted by atomic mass is 10.0. The molecule has 2 amide bonds. The Bertz CT molecular complexity index is 679. The summed E-state index contributed by atoms with van der Waals surface area (Å²) in [5, 5.41) is 3.17. The van der Waals surface area contributed by atoms with Crippen molar-refractivity contribution in [3.63, 3.8) is 0 Å². The molecule has 3 fully saturated rings. The summed E-state index contributed by atoms with van der Waals surface area (Å²) in [4.78, 5) is 29.1. The van der Waals surface area contributed by atoms with Gasteiger partial charge in [0.1, 0.15) is 5.82 Å². The normalized spacial score (nSPS) is 24.6. The highest BCUT2D eigenvalue weighted by molar-refractivity contribution is 5.89. The zero-order valence-electron chi connectivity index (χ0n) is 15.7. The number of benzene rings is 1. The number of hydrogen-bond acceptors (Lipinski definition) is 3. The summed E-state index contributed by atoms with van der Waals surface area (Å²) < 4.78 is 13.1. The standard InChI is InChI=1S/C21H28FN3O2/c22-16-5-7-18(8-6-16)24-11-9-17(10-12-24)23-21(27)15-13-20(26)25(14-15)19-3-1-2-4-19/h5-8,15,17,19H,1-4,9-14H2,(H,23,27). The second kappa shape index (κ2) is 7.87. The number of nitrogens with one attached hydrogen (secondary N) is 1. The highest BCUT2D eigenvalue weighted by Crippen LogP contribution is 2.30. The third-order valence-electron chi connectivity index (χ3n) is 6.33. The van der Waals surface area contributed by atoms with Crippen LogP contribution < -0.4 is 10.2 Å². The smallest absolute Gasteiger partial charge is 0.225 e. The van der Waals surface area contributed by atoms with Crippen LogP contribution in [0, 0.1) is 11.7 Å². The first-order valence-corrected chi connectivity index (χ1v) is 10.2. The van der Waals surface area contributed by atoms with E-state index in [1.165, 1.54) is 25.0 Å². The first-order chi connectivity index (χ1) is 13.1. The molecule has 6 heteroatoms. The molecule has 1 unspecified atom stereocenters.